The van der Waals surface area contributed by atoms with E-state index in [4.69, 9.17) is 0 Å². The molecule has 0 spiro atoms. The number of ether oxygens (including phenoxy) is 1. The minimum absolute atomic E-state index is 0.263. The molecule has 0 fully saturated rings. The minimum Gasteiger partial charge on any atom is -0.469 e. The summed E-state index contributed by atoms with van der Waals surface area (Å²) >= 11 is 0. The molecule has 104 valence electrons. The molecule has 0 heterocycles. The zero-order valence-electron chi connectivity index (χ0n) is 11.0. The van der Waals surface area contributed by atoms with Crippen LogP contribution in [0.2, 0.25) is 0 Å². The highest BCUT2D eigenvalue weighted by atomic mass is 19.1. The third-order valence-electron chi connectivity index (χ3n) is 3.00. The maximum atomic E-state index is 13.2. The van der Waals surface area contributed by atoms with Crippen LogP contribution in [0.4, 0.5) is 8.78 Å². The van der Waals surface area contributed by atoms with Crippen molar-refractivity contribution in [1.29, 1.82) is 0 Å². The molecule has 0 atom stereocenters. The number of rotatable bonds is 4. The van der Waals surface area contributed by atoms with Crippen molar-refractivity contribution in [3.8, 4) is 11.1 Å². The summed E-state index contributed by atoms with van der Waals surface area (Å²) < 4.78 is 30.9. The summed E-state index contributed by atoms with van der Waals surface area (Å²) in [5.41, 5.74) is 2.18. The molecule has 20 heavy (non-hydrogen) atoms. The molecule has 0 unspecified atom stereocenters. The number of benzene rings is 2. The van der Waals surface area contributed by atoms with Gasteiger partial charge in [0.15, 0.2) is 0 Å². The molecule has 0 aliphatic rings. The van der Waals surface area contributed by atoms with Crippen LogP contribution in [0.5, 0.6) is 0 Å². The monoisotopic (exact) mass is 276 g/mol. The first-order valence-corrected chi connectivity index (χ1v) is 6.20. The van der Waals surface area contributed by atoms with Gasteiger partial charge in [-0.3, -0.25) is 4.79 Å². The molecule has 2 aromatic carbocycles. The lowest BCUT2D eigenvalue weighted by Gasteiger charge is -2.05. The Balaban J connectivity index is 2.13. The lowest BCUT2D eigenvalue weighted by molar-refractivity contribution is -0.140. The van der Waals surface area contributed by atoms with E-state index >= 15 is 0 Å². The van der Waals surface area contributed by atoms with Crippen LogP contribution in [-0.2, 0) is 16.0 Å². The van der Waals surface area contributed by atoms with Crippen molar-refractivity contribution in [1.82, 2.24) is 0 Å². The molecule has 2 rings (SSSR count). The summed E-state index contributed by atoms with van der Waals surface area (Å²) in [6.07, 6.45) is 0.884. The van der Waals surface area contributed by atoms with Crippen LogP contribution < -0.4 is 0 Å². The summed E-state index contributed by atoms with van der Waals surface area (Å²) in [4.78, 5) is 11.0. The summed E-state index contributed by atoms with van der Waals surface area (Å²) in [5, 5.41) is 0. The highest BCUT2D eigenvalue weighted by Gasteiger charge is 2.05. The Bertz CT molecular complexity index is 586. The normalized spacial score (nSPS) is 10.3. The van der Waals surface area contributed by atoms with Crippen molar-refractivity contribution in [3.63, 3.8) is 0 Å². The number of esters is 1. The predicted octanol–water partition coefficient (Wildman–Crippen LogP) is 3.74. The molecule has 0 aromatic heterocycles. The fourth-order valence-electron chi connectivity index (χ4n) is 1.93. The molecule has 0 bridgehead atoms. The fraction of sp³-hybridized carbons (Fsp3) is 0.188. The van der Waals surface area contributed by atoms with Gasteiger partial charge in [0.05, 0.1) is 7.11 Å². The molecule has 4 heteroatoms. The molecule has 0 radical (unpaired) electrons. The summed E-state index contributed by atoms with van der Waals surface area (Å²) in [7, 11) is 1.35. The second-order valence-electron chi connectivity index (χ2n) is 4.43. The van der Waals surface area contributed by atoms with E-state index in [0.29, 0.717) is 18.4 Å². The average Bonchev–Trinajstić information content (AvgIpc) is 2.44. The molecule has 0 saturated heterocycles. The molecule has 0 amide bonds. The Morgan fingerprint density at radius 2 is 1.60 bits per heavy atom. The molecule has 2 aromatic rings. The van der Waals surface area contributed by atoms with Crippen molar-refractivity contribution in [2.24, 2.45) is 0 Å². The fourth-order valence-corrected chi connectivity index (χ4v) is 1.93. The van der Waals surface area contributed by atoms with Crippen molar-refractivity contribution < 1.29 is 18.3 Å². The van der Waals surface area contributed by atoms with Crippen LogP contribution in [0.15, 0.2) is 42.5 Å². The molecule has 0 saturated carbocycles. The van der Waals surface area contributed by atoms with Gasteiger partial charge in [-0.25, -0.2) is 8.78 Å². The molecule has 0 aliphatic carbocycles. The Morgan fingerprint density at radius 3 is 2.15 bits per heavy atom. The van der Waals surface area contributed by atoms with Crippen LogP contribution in [0.25, 0.3) is 11.1 Å². The number of hydrogen-bond acceptors (Lipinski definition) is 2. The molecular weight excluding hydrogens is 262 g/mol. The number of methoxy groups -OCH3 is 1. The first-order chi connectivity index (χ1) is 9.58. The number of halogens is 2. The van der Waals surface area contributed by atoms with Crippen molar-refractivity contribution in [3.05, 3.63) is 59.7 Å². The second kappa shape index (κ2) is 6.28. The van der Waals surface area contributed by atoms with Crippen LogP contribution in [-0.4, -0.2) is 13.1 Å². The molecular formula is C16H14F2O2. The van der Waals surface area contributed by atoms with Crippen molar-refractivity contribution in [2.75, 3.05) is 7.11 Å². The zero-order valence-corrected chi connectivity index (χ0v) is 11.0. The smallest absolute Gasteiger partial charge is 0.305 e. The number of carbonyl (C=O) groups excluding carboxylic acids is 1. The summed E-state index contributed by atoms with van der Waals surface area (Å²) in [6, 6.07) is 10.6. The van der Waals surface area contributed by atoms with E-state index in [1.54, 1.807) is 12.1 Å². The second-order valence-corrected chi connectivity index (χ2v) is 4.43. The summed E-state index contributed by atoms with van der Waals surface area (Å²) in [5.74, 6) is -1.47. The van der Waals surface area contributed by atoms with Crippen LogP contribution in [0.3, 0.4) is 0 Å². The lowest BCUT2D eigenvalue weighted by atomic mass is 10.0. The zero-order chi connectivity index (χ0) is 14.5. The van der Waals surface area contributed by atoms with E-state index in [9.17, 15) is 13.6 Å². The van der Waals surface area contributed by atoms with Gasteiger partial charge in [-0.15, -0.1) is 0 Å². The minimum atomic E-state index is -0.602. The highest BCUT2D eigenvalue weighted by molar-refractivity contribution is 5.69. The Labute approximate surface area is 116 Å². The van der Waals surface area contributed by atoms with Gasteiger partial charge >= 0.3 is 5.97 Å². The van der Waals surface area contributed by atoms with Gasteiger partial charge in [0, 0.05) is 12.5 Å². The average molecular weight is 276 g/mol. The maximum Gasteiger partial charge on any atom is 0.305 e. The van der Waals surface area contributed by atoms with Crippen LogP contribution in [0.1, 0.15) is 12.0 Å². The van der Waals surface area contributed by atoms with Gasteiger partial charge in [0.25, 0.3) is 0 Å². The molecule has 0 aliphatic heterocycles. The van der Waals surface area contributed by atoms with Crippen molar-refractivity contribution >= 4 is 5.97 Å². The van der Waals surface area contributed by atoms with E-state index in [2.05, 4.69) is 4.74 Å². The van der Waals surface area contributed by atoms with Gasteiger partial charge in [0.2, 0.25) is 0 Å². The van der Waals surface area contributed by atoms with Gasteiger partial charge in [-0.2, -0.15) is 0 Å². The van der Waals surface area contributed by atoms with Crippen LogP contribution in [0, 0.1) is 11.6 Å². The predicted molar refractivity (Wildman–Crippen MR) is 72.1 cm³/mol. The third kappa shape index (κ3) is 3.63. The standard InChI is InChI=1S/C16H14F2O2/c1-20-16(19)7-4-11-2-5-12(6-3-11)13-8-14(17)10-15(18)9-13/h2-3,5-6,8-10H,4,7H2,1H3. The van der Waals surface area contributed by atoms with Crippen LogP contribution >= 0.6 is 0 Å². The summed E-state index contributed by atoms with van der Waals surface area (Å²) in [6.45, 7) is 0. The number of aryl methyl sites for hydroxylation is 1. The van der Waals surface area contributed by atoms with E-state index in [1.807, 2.05) is 12.1 Å². The van der Waals surface area contributed by atoms with E-state index < -0.39 is 11.6 Å². The van der Waals surface area contributed by atoms with Crippen molar-refractivity contribution in [2.45, 2.75) is 12.8 Å². The van der Waals surface area contributed by atoms with Gasteiger partial charge < -0.3 is 4.74 Å². The SMILES string of the molecule is COC(=O)CCc1ccc(-c2cc(F)cc(F)c2)cc1. The maximum absolute atomic E-state index is 13.2. The van der Waals surface area contributed by atoms with E-state index in [0.717, 1.165) is 17.2 Å². The van der Waals surface area contributed by atoms with E-state index in [1.165, 1.54) is 19.2 Å². The topological polar surface area (TPSA) is 26.3 Å². The van der Waals surface area contributed by atoms with Gasteiger partial charge in [-0.1, -0.05) is 24.3 Å². The Hall–Kier alpha value is -2.23. The third-order valence-corrected chi connectivity index (χ3v) is 3.00. The molecule has 2 nitrogen and oxygen atoms in total. The number of carbonyl (C=O) groups is 1. The first kappa shape index (κ1) is 14.2. The van der Waals surface area contributed by atoms with Gasteiger partial charge in [0.1, 0.15) is 11.6 Å². The Kier molecular flexibility index (Phi) is 4.45. The van der Waals surface area contributed by atoms with E-state index in [-0.39, 0.29) is 5.97 Å². The van der Waals surface area contributed by atoms with Gasteiger partial charge in [-0.05, 0) is 35.2 Å². The highest BCUT2D eigenvalue weighted by Crippen LogP contribution is 2.22. The largest absolute Gasteiger partial charge is 0.469 e. The lowest BCUT2D eigenvalue weighted by Crippen LogP contribution is -2.01. The number of hydrogen-bond donors (Lipinski definition) is 0. The quantitative estimate of drug-likeness (QED) is 0.795. The Morgan fingerprint density at radius 1 is 1.00 bits per heavy atom. The first-order valence-electron chi connectivity index (χ1n) is 6.20. The molecule has 0 N–H and O–H groups in total.